The van der Waals surface area contributed by atoms with Gasteiger partial charge >= 0.3 is 5.97 Å². The van der Waals surface area contributed by atoms with Gasteiger partial charge in [-0.3, -0.25) is 9.78 Å². The molecule has 0 amide bonds. The van der Waals surface area contributed by atoms with E-state index in [4.69, 9.17) is 5.11 Å². The van der Waals surface area contributed by atoms with Crippen LogP contribution in [0.3, 0.4) is 0 Å². The first-order chi connectivity index (χ1) is 7.20. The van der Waals surface area contributed by atoms with Gasteiger partial charge in [-0.05, 0) is 24.5 Å². The Morgan fingerprint density at radius 1 is 1.53 bits per heavy atom. The molecule has 1 heterocycles. The summed E-state index contributed by atoms with van der Waals surface area (Å²) in [5.41, 5.74) is 3.19. The van der Waals surface area contributed by atoms with Gasteiger partial charge in [0, 0.05) is 17.8 Å². The van der Waals surface area contributed by atoms with Crippen LogP contribution in [0, 0.1) is 5.92 Å². The molecule has 0 fully saturated rings. The summed E-state index contributed by atoms with van der Waals surface area (Å²) in [5, 5.41) is 8.93. The number of pyridine rings is 1. The van der Waals surface area contributed by atoms with Gasteiger partial charge in [-0.1, -0.05) is 19.4 Å². The largest absolute Gasteiger partial charge is 0.481 e. The lowest BCUT2D eigenvalue weighted by Crippen LogP contribution is -2.13. The fourth-order valence-corrected chi connectivity index (χ4v) is 2.08. The van der Waals surface area contributed by atoms with E-state index >= 15 is 0 Å². The number of rotatable bonds is 3. The van der Waals surface area contributed by atoms with E-state index in [9.17, 15) is 4.79 Å². The van der Waals surface area contributed by atoms with E-state index in [1.54, 1.807) is 0 Å². The van der Waals surface area contributed by atoms with Crippen molar-refractivity contribution in [2.24, 2.45) is 5.92 Å². The molecule has 2 rings (SSSR count). The summed E-state index contributed by atoms with van der Waals surface area (Å²) >= 11 is 0. The van der Waals surface area contributed by atoms with Crippen LogP contribution >= 0.6 is 0 Å². The maximum atomic E-state index is 10.9. The lowest BCUT2D eigenvalue weighted by atomic mass is 10.1. The molecule has 1 aliphatic carbocycles. The first kappa shape index (κ1) is 10.1. The summed E-state index contributed by atoms with van der Waals surface area (Å²) in [6, 6.07) is 4.06. The lowest BCUT2D eigenvalue weighted by molar-refractivity contribution is -0.141. The monoisotopic (exact) mass is 205 g/mol. The average Bonchev–Trinajstić information content (AvgIpc) is 2.61. The van der Waals surface area contributed by atoms with Crippen LogP contribution in [-0.2, 0) is 24.1 Å². The number of fused-ring (bicyclic) bond motifs is 1. The number of aromatic nitrogens is 1. The number of carbonyl (C=O) groups is 1. The highest BCUT2D eigenvalue weighted by atomic mass is 16.4. The molecule has 0 spiro atoms. The highest BCUT2D eigenvalue weighted by molar-refractivity contribution is 5.72. The molecule has 1 aromatic rings. The van der Waals surface area contributed by atoms with E-state index in [2.05, 4.69) is 11.9 Å². The molecule has 0 saturated carbocycles. The molecule has 15 heavy (non-hydrogen) atoms. The Hall–Kier alpha value is -1.38. The topological polar surface area (TPSA) is 50.2 Å². The number of carboxylic acids is 1. The van der Waals surface area contributed by atoms with Gasteiger partial charge in [0.25, 0.3) is 0 Å². The third-order valence-electron chi connectivity index (χ3n) is 2.89. The van der Waals surface area contributed by atoms with Crippen LogP contribution in [0.5, 0.6) is 0 Å². The van der Waals surface area contributed by atoms with Crippen LogP contribution in [0.25, 0.3) is 0 Å². The highest BCUT2D eigenvalue weighted by Gasteiger charge is 2.27. The smallest absolute Gasteiger partial charge is 0.307 e. The van der Waals surface area contributed by atoms with Crippen molar-refractivity contribution >= 4 is 5.97 Å². The predicted octanol–water partition coefficient (Wildman–Crippen LogP) is 1.83. The van der Waals surface area contributed by atoms with Crippen LogP contribution in [0.15, 0.2) is 12.1 Å². The summed E-state index contributed by atoms with van der Waals surface area (Å²) in [6.07, 6.45) is 3.30. The fourth-order valence-electron chi connectivity index (χ4n) is 2.08. The van der Waals surface area contributed by atoms with Crippen molar-refractivity contribution in [1.82, 2.24) is 4.98 Å². The van der Waals surface area contributed by atoms with E-state index in [-0.39, 0.29) is 5.92 Å². The minimum atomic E-state index is -0.704. The van der Waals surface area contributed by atoms with Crippen LogP contribution in [-0.4, -0.2) is 16.1 Å². The predicted molar refractivity (Wildman–Crippen MR) is 56.8 cm³/mol. The Balaban J connectivity index is 2.20. The van der Waals surface area contributed by atoms with Crippen molar-refractivity contribution in [2.75, 3.05) is 0 Å². The van der Waals surface area contributed by atoms with Crippen molar-refractivity contribution in [3.05, 3.63) is 29.1 Å². The van der Waals surface area contributed by atoms with Crippen molar-refractivity contribution in [3.63, 3.8) is 0 Å². The van der Waals surface area contributed by atoms with Gasteiger partial charge in [-0.15, -0.1) is 0 Å². The number of hydrogen-bond donors (Lipinski definition) is 1. The molecule has 0 aromatic carbocycles. The molecule has 3 nitrogen and oxygen atoms in total. The van der Waals surface area contributed by atoms with Gasteiger partial charge in [0.1, 0.15) is 0 Å². The molecule has 0 radical (unpaired) electrons. The molecule has 1 aromatic heterocycles. The van der Waals surface area contributed by atoms with Gasteiger partial charge in [-0.25, -0.2) is 0 Å². The molecule has 1 unspecified atom stereocenters. The SMILES string of the molecule is CCCc1ccc2c(n1)CC(C(=O)O)C2. The number of aliphatic carboxylic acids is 1. The molecule has 1 atom stereocenters. The van der Waals surface area contributed by atoms with E-state index in [0.717, 1.165) is 29.8 Å². The zero-order valence-corrected chi connectivity index (χ0v) is 8.86. The Morgan fingerprint density at radius 3 is 3.00 bits per heavy atom. The van der Waals surface area contributed by atoms with Gasteiger partial charge in [-0.2, -0.15) is 0 Å². The second-order valence-corrected chi connectivity index (χ2v) is 4.10. The molecule has 0 aliphatic heterocycles. The minimum absolute atomic E-state index is 0.260. The minimum Gasteiger partial charge on any atom is -0.481 e. The van der Waals surface area contributed by atoms with E-state index in [0.29, 0.717) is 12.8 Å². The van der Waals surface area contributed by atoms with Gasteiger partial charge in [0.05, 0.1) is 5.92 Å². The third kappa shape index (κ3) is 2.01. The normalized spacial score (nSPS) is 18.9. The first-order valence-corrected chi connectivity index (χ1v) is 5.41. The molecule has 1 N–H and O–H groups in total. The number of carboxylic acid groups (broad SMARTS) is 1. The Labute approximate surface area is 89.2 Å². The standard InChI is InChI=1S/C12H15NO2/c1-2-3-10-5-4-8-6-9(12(14)15)7-11(8)13-10/h4-5,9H,2-3,6-7H2,1H3,(H,14,15). The van der Waals surface area contributed by atoms with Crippen molar-refractivity contribution in [1.29, 1.82) is 0 Å². The molecule has 0 bridgehead atoms. The van der Waals surface area contributed by atoms with Gasteiger partial charge < -0.3 is 5.11 Å². The summed E-state index contributed by atoms with van der Waals surface area (Å²) in [5.74, 6) is -0.964. The molecule has 80 valence electrons. The summed E-state index contributed by atoms with van der Waals surface area (Å²) < 4.78 is 0. The molecule has 0 saturated heterocycles. The van der Waals surface area contributed by atoms with E-state index in [1.807, 2.05) is 12.1 Å². The van der Waals surface area contributed by atoms with Crippen molar-refractivity contribution in [2.45, 2.75) is 32.6 Å². The molecular weight excluding hydrogens is 190 g/mol. The molecular formula is C12H15NO2. The Bertz CT molecular complexity index is 387. The van der Waals surface area contributed by atoms with Crippen molar-refractivity contribution in [3.8, 4) is 0 Å². The maximum Gasteiger partial charge on any atom is 0.307 e. The van der Waals surface area contributed by atoms with Crippen LogP contribution in [0.1, 0.15) is 30.3 Å². The average molecular weight is 205 g/mol. The first-order valence-electron chi connectivity index (χ1n) is 5.41. The Morgan fingerprint density at radius 2 is 2.33 bits per heavy atom. The number of hydrogen-bond acceptors (Lipinski definition) is 2. The molecule has 3 heteroatoms. The zero-order chi connectivity index (χ0) is 10.8. The van der Waals surface area contributed by atoms with Gasteiger partial charge in [0.2, 0.25) is 0 Å². The fraction of sp³-hybridized carbons (Fsp3) is 0.500. The number of aryl methyl sites for hydroxylation is 1. The summed E-state index contributed by atoms with van der Waals surface area (Å²) in [7, 11) is 0. The summed E-state index contributed by atoms with van der Waals surface area (Å²) in [4.78, 5) is 15.4. The third-order valence-corrected chi connectivity index (χ3v) is 2.89. The lowest BCUT2D eigenvalue weighted by Gasteiger charge is -2.01. The quantitative estimate of drug-likeness (QED) is 0.819. The second kappa shape index (κ2) is 4.01. The van der Waals surface area contributed by atoms with Crippen LogP contribution in [0.4, 0.5) is 0 Å². The summed E-state index contributed by atoms with van der Waals surface area (Å²) in [6.45, 7) is 2.12. The van der Waals surface area contributed by atoms with E-state index in [1.165, 1.54) is 0 Å². The van der Waals surface area contributed by atoms with Crippen LogP contribution in [0.2, 0.25) is 0 Å². The van der Waals surface area contributed by atoms with Crippen LogP contribution < -0.4 is 0 Å². The van der Waals surface area contributed by atoms with Gasteiger partial charge in [0.15, 0.2) is 0 Å². The molecule has 1 aliphatic rings. The zero-order valence-electron chi connectivity index (χ0n) is 8.86. The second-order valence-electron chi connectivity index (χ2n) is 4.10. The Kier molecular flexibility index (Phi) is 2.71. The highest BCUT2D eigenvalue weighted by Crippen LogP contribution is 2.25. The van der Waals surface area contributed by atoms with E-state index < -0.39 is 5.97 Å². The van der Waals surface area contributed by atoms with Crippen molar-refractivity contribution < 1.29 is 9.90 Å². The maximum absolute atomic E-state index is 10.9. The number of nitrogens with zero attached hydrogens (tertiary/aromatic N) is 1.